The topological polar surface area (TPSA) is 0 Å². The first-order chi connectivity index (χ1) is 15.1. The minimum atomic E-state index is 0. The molecule has 0 spiro atoms. The SMILES string of the molecule is CC(C[N+](C)(C)Cc1ccccc1)c1ccc(C(C)C[N+](C)(C)Cc2ccccc2)cc1.[Cl-].[Cl-]. The normalized spacial score (nSPS) is 13.4. The number of benzene rings is 3. The predicted molar refractivity (Wildman–Crippen MR) is 138 cm³/mol. The van der Waals surface area contributed by atoms with Crippen molar-refractivity contribution < 1.29 is 33.8 Å². The quantitative estimate of drug-likeness (QED) is 0.354. The Morgan fingerprint density at radius 1 is 0.500 bits per heavy atom. The Bertz CT molecular complexity index is 874. The highest BCUT2D eigenvalue weighted by Crippen LogP contribution is 2.25. The molecule has 34 heavy (non-hydrogen) atoms. The summed E-state index contributed by atoms with van der Waals surface area (Å²) in [7, 11) is 9.36. The van der Waals surface area contributed by atoms with Crippen molar-refractivity contribution in [2.24, 2.45) is 0 Å². The fourth-order valence-electron chi connectivity index (χ4n) is 5.13. The summed E-state index contributed by atoms with van der Waals surface area (Å²) >= 11 is 0. The summed E-state index contributed by atoms with van der Waals surface area (Å²) < 4.78 is 1.99. The van der Waals surface area contributed by atoms with Crippen LogP contribution < -0.4 is 24.8 Å². The van der Waals surface area contributed by atoms with Gasteiger partial charge in [-0.25, -0.2) is 0 Å². The fraction of sp³-hybridized carbons (Fsp3) is 0.400. The number of halogens is 2. The van der Waals surface area contributed by atoms with Crippen LogP contribution in [0.1, 0.15) is 47.9 Å². The minimum absolute atomic E-state index is 0. The van der Waals surface area contributed by atoms with Gasteiger partial charge in [-0.2, -0.15) is 0 Å². The van der Waals surface area contributed by atoms with E-state index in [0.29, 0.717) is 11.8 Å². The van der Waals surface area contributed by atoms with E-state index in [-0.39, 0.29) is 24.8 Å². The van der Waals surface area contributed by atoms with Gasteiger partial charge in [0.25, 0.3) is 0 Å². The standard InChI is InChI=1S/C30H42N2.2ClH/c1-25(21-31(3,4)23-27-13-9-7-10-14-27)29-17-19-30(20-18-29)26(2)22-32(5,6)24-28-15-11-8-12-16-28;;/h7-20,25-26H,21-24H2,1-6H3;2*1H/q+2;;/p-2. The molecule has 0 aliphatic heterocycles. The number of likely N-dealkylation sites (N-methyl/N-ethyl adjacent to an activating group) is 2. The first kappa shape index (κ1) is 30.2. The second kappa shape index (κ2) is 13.3. The van der Waals surface area contributed by atoms with E-state index < -0.39 is 0 Å². The zero-order valence-corrected chi connectivity index (χ0v) is 23.2. The third-order valence-corrected chi connectivity index (χ3v) is 6.52. The van der Waals surface area contributed by atoms with E-state index >= 15 is 0 Å². The number of quaternary nitrogens is 2. The van der Waals surface area contributed by atoms with Crippen LogP contribution in [0.15, 0.2) is 84.9 Å². The van der Waals surface area contributed by atoms with Crippen LogP contribution in [0, 0.1) is 0 Å². The molecular formula is C30H42Cl2N2. The molecule has 186 valence electrons. The van der Waals surface area contributed by atoms with E-state index in [1.54, 1.807) is 0 Å². The Hall–Kier alpha value is -1.84. The second-order valence-corrected chi connectivity index (χ2v) is 11.0. The van der Waals surface area contributed by atoms with Crippen molar-refractivity contribution in [2.45, 2.75) is 38.8 Å². The zero-order chi connectivity index (χ0) is 23.2. The molecule has 4 heteroatoms. The molecule has 3 rings (SSSR count). The molecule has 0 fully saturated rings. The van der Waals surface area contributed by atoms with Crippen LogP contribution in [0.3, 0.4) is 0 Å². The van der Waals surface area contributed by atoms with Gasteiger partial charge < -0.3 is 33.8 Å². The Labute approximate surface area is 220 Å². The van der Waals surface area contributed by atoms with Gasteiger partial charge in [0.15, 0.2) is 0 Å². The Morgan fingerprint density at radius 3 is 1.09 bits per heavy atom. The average molecular weight is 502 g/mol. The second-order valence-electron chi connectivity index (χ2n) is 11.0. The van der Waals surface area contributed by atoms with Gasteiger partial charge in [-0.15, -0.1) is 0 Å². The van der Waals surface area contributed by atoms with Crippen LogP contribution in [0.25, 0.3) is 0 Å². The Kier molecular flexibility index (Phi) is 11.8. The summed E-state index contributed by atoms with van der Waals surface area (Å²) in [5.74, 6) is 1.06. The summed E-state index contributed by atoms with van der Waals surface area (Å²) in [6.07, 6.45) is 0. The number of nitrogens with zero attached hydrogens (tertiary/aromatic N) is 2. The molecule has 0 aliphatic rings. The molecule has 0 radical (unpaired) electrons. The van der Waals surface area contributed by atoms with Crippen LogP contribution in [0.5, 0.6) is 0 Å². The van der Waals surface area contributed by atoms with Crippen molar-refractivity contribution in [2.75, 3.05) is 41.3 Å². The fourth-order valence-corrected chi connectivity index (χ4v) is 5.13. The summed E-state index contributed by atoms with van der Waals surface area (Å²) in [5, 5.41) is 0. The molecule has 0 aliphatic carbocycles. The van der Waals surface area contributed by atoms with Gasteiger partial charge in [-0.05, 0) is 11.1 Å². The van der Waals surface area contributed by atoms with Crippen molar-refractivity contribution in [3.05, 3.63) is 107 Å². The van der Waals surface area contributed by atoms with Crippen molar-refractivity contribution >= 4 is 0 Å². The highest BCUT2D eigenvalue weighted by molar-refractivity contribution is 5.27. The van der Waals surface area contributed by atoms with Crippen LogP contribution in [0.2, 0.25) is 0 Å². The van der Waals surface area contributed by atoms with Crippen LogP contribution >= 0.6 is 0 Å². The summed E-state index contributed by atoms with van der Waals surface area (Å²) in [6.45, 7) is 9.12. The van der Waals surface area contributed by atoms with Gasteiger partial charge in [0.05, 0.1) is 41.3 Å². The van der Waals surface area contributed by atoms with Crippen molar-refractivity contribution in [3.8, 4) is 0 Å². The van der Waals surface area contributed by atoms with Gasteiger partial charge in [0, 0.05) is 23.0 Å². The third-order valence-electron chi connectivity index (χ3n) is 6.52. The molecule has 0 N–H and O–H groups in total. The van der Waals surface area contributed by atoms with E-state index in [9.17, 15) is 0 Å². The van der Waals surface area contributed by atoms with Crippen LogP contribution in [-0.4, -0.2) is 50.2 Å². The third kappa shape index (κ3) is 9.43. The highest BCUT2D eigenvalue weighted by Gasteiger charge is 2.23. The zero-order valence-electron chi connectivity index (χ0n) is 21.7. The Balaban J connectivity index is 0.00000289. The monoisotopic (exact) mass is 500 g/mol. The molecule has 0 bridgehead atoms. The van der Waals surface area contributed by atoms with E-state index in [4.69, 9.17) is 0 Å². The molecule has 0 aromatic heterocycles. The van der Waals surface area contributed by atoms with Crippen molar-refractivity contribution in [3.63, 3.8) is 0 Å². The lowest BCUT2D eigenvalue weighted by molar-refractivity contribution is -0.904. The van der Waals surface area contributed by atoms with Gasteiger partial charge in [-0.1, -0.05) is 98.8 Å². The first-order valence-corrected chi connectivity index (χ1v) is 12.0. The lowest BCUT2D eigenvalue weighted by atomic mass is 9.94. The van der Waals surface area contributed by atoms with Gasteiger partial charge >= 0.3 is 0 Å². The summed E-state index contributed by atoms with van der Waals surface area (Å²) in [6, 6.07) is 31.1. The van der Waals surface area contributed by atoms with Crippen molar-refractivity contribution in [1.82, 2.24) is 0 Å². The molecular weight excluding hydrogens is 459 g/mol. The minimum Gasteiger partial charge on any atom is -1.00 e. The smallest absolute Gasteiger partial charge is 0.104 e. The maximum Gasteiger partial charge on any atom is 0.104 e. The first-order valence-electron chi connectivity index (χ1n) is 12.0. The molecule has 2 atom stereocenters. The van der Waals surface area contributed by atoms with Gasteiger partial charge in [0.1, 0.15) is 13.1 Å². The Morgan fingerprint density at radius 2 is 0.794 bits per heavy atom. The largest absolute Gasteiger partial charge is 1.00 e. The number of hydrogen-bond acceptors (Lipinski definition) is 0. The molecule has 3 aromatic rings. The molecule has 0 amide bonds. The summed E-state index contributed by atoms with van der Waals surface area (Å²) in [5.41, 5.74) is 5.70. The van der Waals surface area contributed by atoms with E-state index in [2.05, 4.69) is 127 Å². The maximum absolute atomic E-state index is 2.36. The van der Waals surface area contributed by atoms with Crippen molar-refractivity contribution in [1.29, 1.82) is 0 Å². The molecule has 0 heterocycles. The van der Waals surface area contributed by atoms with Gasteiger partial charge in [-0.3, -0.25) is 0 Å². The molecule has 2 nitrogen and oxygen atoms in total. The lowest BCUT2D eigenvalue weighted by Gasteiger charge is -2.33. The molecule has 0 saturated heterocycles. The molecule has 3 aromatic carbocycles. The maximum atomic E-state index is 2.36. The number of rotatable bonds is 10. The lowest BCUT2D eigenvalue weighted by Crippen LogP contribution is -3.00. The van der Waals surface area contributed by atoms with Gasteiger partial charge in [0.2, 0.25) is 0 Å². The predicted octanol–water partition coefficient (Wildman–Crippen LogP) is 0.455. The highest BCUT2D eigenvalue weighted by atomic mass is 35.5. The van der Waals surface area contributed by atoms with E-state index in [1.807, 2.05) is 0 Å². The summed E-state index contributed by atoms with van der Waals surface area (Å²) in [4.78, 5) is 0. The average Bonchev–Trinajstić information content (AvgIpc) is 2.74. The molecule has 2 unspecified atom stereocenters. The number of hydrogen-bond donors (Lipinski definition) is 0. The van der Waals surface area contributed by atoms with Crippen LogP contribution in [0.4, 0.5) is 0 Å². The van der Waals surface area contributed by atoms with E-state index in [0.717, 1.165) is 35.1 Å². The molecule has 0 saturated carbocycles. The van der Waals surface area contributed by atoms with Crippen LogP contribution in [-0.2, 0) is 13.1 Å². The van der Waals surface area contributed by atoms with E-state index in [1.165, 1.54) is 22.3 Å².